The normalized spacial score (nSPS) is 22.0. The zero-order chi connectivity index (χ0) is 14.9. The number of piperazine rings is 1. The molecule has 0 aliphatic carbocycles. The highest BCUT2D eigenvalue weighted by Gasteiger charge is 2.24. The van der Waals surface area contributed by atoms with Gasteiger partial charge in [-0.05, 0) is 19.3 Å². The number of nitrogens with zero attached hydrogens (tertiary/aromatic N) is 4. The van der Waals surface area contributed by atoms with Crippen LogP contribution in [0, 0.1) is 0 Å². The van der Waals surface area contributed by atoms with Gasteiger partial charge in [-0.2, -0.15) is 5.10 Å². The van der Waals surface area contributed by atoms with Crippen molar-refractivity contribution in [2.45, 2.75) is 25.8 Å². The molecular formula is C15H29N6+. The summed E-state index contributed by atoms with van der Waals surface area (Å²) in [7, 11) is 4.62. The van der Waals surface area contributed by atoms with E-state index in [2.05, 4.69) is 34.1 Å². The molecule has 2 aliphatic heterocycles. The Morgan fingerprint density at radius 2 is 1.95 bits per heavy atom. The highest BCUT2D eigenvalue weighted by atomic mass is 15.4. The van der Waals surface area contributed by atoms with Crippen LogP contribution in [0.3, 0.4) is 0 Å². The van der Waals surface area contributed by atoms with E-state index in [-0.39, 0.29) is 0 Å². The summed E-state index contributed by atoms with van der Waals surface area (Å²) in [5.41, 5.74) is 8.31. The van der Waals surface area contributed by atoms with Crippen molar-refractivity contribution >= 4 is 11.5 Å². The molecule has 0 aromatic carbocycles. The van der Waals surface area contributed by atoms with E-state index in [1.54, 1.807) is 0 Å². The predicted molar refractivity (Wildman–Crippen MR) is 86.3 cm³/mol. The number of rotatable bonds is 4. The van der Waals surface area contributed by atoms with Crippen LogP contribution in [0.4, 0.5) is 11.5 Å². The number of aryl methyl sites for hydroxylation is 1. The largest absolute Gasteiger partial charge is 0.394 e. The minimum absolute atomic E-state index is 0.867. The van der Waals surface area contributed by atoms with Crippen molar-refractivity contribution < 1.29 is 4.48 Å². The number of anilines is 2. The molecule has 6 heteroatoms. The zero-order valence-electron chi connectivity index (χ0n) is 13.4. The van der Waals surface area contributed by atoms with Gasteiger partial charge in [0.1, 0.15) is 0 Å². The minimum atomic E-state index is 0.867. The molecule has 118 valence electrons. The first-order valence-electron chi connectivity index (χ1n) is 8.18. The van der Waals surface area contributed by atoms with E-state index in [4.69, 9.17) is 5.73 Å². The van der Waals surface area contributed by atoms with Crippen LogP contribution >= 0.6 is 0 Å². The van der Waals surface area contributed by atoms with Gasteiger partial charge in [-0.1, -0.05) is 0 Å². The molecule has 3 heterocycles. The number of likely N-dealkylation sites (N-methyl/N-ethyl adjacent to an activating group) is 1. The summed E-state index contributed by atoms with van der Waals surface area (Å²) < 4.78 is 3.23. The lowest BCUT2D eigenvalue weighted by molar-refractivity contribution is -0.894. The summed E-state index contributed by atoms with van der Waals surface area (Å²) in [5.74, 6) is 0.889. The molecule has 0 spiro atoms. The molecule has 1 fully saturated rings. The Bertz CT molecular complexity index is 483. The molecule has 1 saturated heterocycles. The molecule has 1 aromatic rings. The number of hydrogen-bond donors (Lipinski definition) is 2. The molecule has 0 amide bonds. The van der Waals surface area contributed by atoms with Gasteiger partial charge >= 0.3 is 0 Å². The fourth-order valence-electron chi connectivity index (χ4n) is 3.25. The van der Waals surface area contributed by atoms with Gasteiger partial charge < -0.3 is 15.5 Å². The van der Waals surface area contributed by atoms with Gasteiger partial charge in [0.2, 0.25) is 0 Å². The Hall–Kier alpha value is -1.27. The van der Waals surface area contributed by atoms with Crippen molar-refractivity contribution in [3.63, 3.8) is 0 Å². The van der Waals surface area contributed by atoms with Crippen LogP contribution in [0.5, 0.6) is 0 Å². The lowest BCUT2D eigenvalue weighted by Gasteiger charge is -2.39. The van der Waals surface area contributed by atoms with Gasteiger partial charge in [-0.25, -0.2) is 0 Å². The van der Waals surface area contributed by atoms with Crippen molar-refractivity contribution in [3.8, 4) is 0 Å². The SMILES string of the molecule is C[N+]1(C)CCN(CCNc2nn3c(c2N)CCCC3)CC1. The Morgan fingerprint density at radius 3 is 2.67 bits per heavy atom. The Balaban J connectivity index is 1.49. The molecule has 2 aliphatic rings. The molecule has 21 heavy (non-hydrogen) atoms. The second-order valence-corrected chi connectivity index (χ2v) is 7.04. The summed E-state index contributed by atoms with van der Waals surface area (Å²) in [6.07, 6.45) is 3.52. The maximum atomic E-state index is 6.22. The lowest BCUT2D eigenvalue weighted by Crippen LogP contribution is -2.55. The second-order valence-electron chi connectivity index (χ2n) is 7.04. The van der Waals surface area contributed by atoms with E-state index < -0.39 is 0 Å². The molecule has 0 radical (unpaired) electrons. The highest BCUT2D eigenvalue weighted by Crippen LogP contribution is 2.26. The Kier molecular flexibility index (Phi) is 4.08. The van der Waals surface area contributed by atoms with Crippen molar-refractivity contribution in [2.24, 2.45) is 0 Å². The molecule has 6 nitrogen and oxygen atoms in total. The average molecular weight is 293 g/mol. The monoisotopic (exact) mass is 293 g/mol. The average Bonchev–Trinajstić information content (AvgIpc) is 2.78. The number of aromatic nitrogens is 2. The number of quaternary nitrogens is 1. The van der Waals surface area contributed by atoms with Crippen LogP contribution < -0.4 is 11.1 Å². The van der Waals surface area contributed by atoms with Gasteiger partial charge in [0, 0.05) is 32.7 Å². The minimum Gasteiger partial charge on any atom is -0.394 e. The summed E-state index contributed by atoms with van der Waals surface area (Å²) in [4.78, 5) is 2.53. The summed E-state index contributed by atoms with van der Waals surface area (Å²) in [5, 5.41) is 8.05. The third-order valence-corrected chi connectivity index (χ3v) is 4.90. The smallest absolute Gasteiger partial charge is 0.171 e. The molecule has 0 saturated carbocycles. The second kappa shape index (κ2) is 5.85. The van der Waals surface area contributed by atoms with E-state index in [1.165, 1.54) is 44.7 Å². The Morgan fingerprint density at radius 1 is 1.19 bits per heavy atom. The highest BCUT2D eigenvalue weighted by molar-refractivity contribution is 5.64. The van der Waals surface area contributed by atoms with E-state index in [9.17, 15) is 0 Å². The van der Waals surface area contributed by atoms with Crippen molar-refractivity contribution in [1.29, 1.82) is 0 Å². The lowest BCUT2D eigenvalue weighted by atomic mass is 10.1. The predicted octanol–water partition coefficient (Wildman–Crippen LogP) is 0.606. The Labute approximate surface area is 127 Å². The zero-order valence-corrected chi connectivity index (χ0v) is 13.4. The number of nitrogen functional groups attached to an aromatic ring is 1. The summed E-state index contributed by atoms with van der Waals surface area (Å²) >= 11 is 0. The van der Waals surface area contributed by atoms with Crippen molar-refractivity contribution in [2.75, 3.05) is 64.4 Å². The number of fused-ring (bicyclic) bond motifs is 1. The summed E-state index contributed by atoms with van der Waals surface area (Å²) in [6.45, 7) is 7.85. The van der Waals surface area contributed by atoms with E-state index in [1.807, 2.05) is 0 Å². The van der Waals surface area contributed by atoms with E-state index >= 15 is 0 Å². The van der Waals surface area contributed by atoms with Crippen molar-refractivity contribution in [3.05, 3.63) is 5.69 Å². The molecule has 0 unspecified atom stereocenters. The fraction of sp³-hybridized carbons (Fsp3) is 0.800. The molecule has 3 N–H and O–H groups in total. The van der Waals surface area contributed by atoms with E-state index in [0.29, 0.717) is 0 Å². The fourth-order valence-corrected chi connectivity index (χ4v) is 3.25. The van der Waals surface area contributed by atoms with Gasteiger partial charge in [0.25, 0.3) is 0 Å². The van der Waals surface area contributed by atoms with Crippen LogP contribution in [0.2, 0.25) is 0 Å². The topological polar surface area (TPSA) is 59.1 Å². The van der Waals surface area contributed by atoms with E-state index in [0.717, 1.165) is 42.0 Å². The van der Waals surface area contributed by atoms with Crippen LogP contribution in [0.1, 0.15) is 18.5 Å². The molecule has 3 rings (SSSR count). The number of nitrogens with one attached hydrogen (secondary N) is 1. The molecule has 1 aromatic heterocycles. The first-order valence-corrected chi connectivity index (χ1v) is 8.18. The van der Waals surface area contributed by atoms with Gasteiger partial charge in [-0.15, -0.1) is 0 Å². The standard InChI is InChI=1S/C15H29N6/c1-21(2)11-9-19(10-12-21)8-6-17-15-14(16)13-5-3-4-7-20(13)18-15/h3-12,16H2,1-2H3,(H,17,18)/q+1. The van der Waals surface area contributed by atoms with Gasteiger partial charge in [0.05, 0.1) is 38.6 Å². The van der Waals surface area contributed by atoms with Crippen LogP contribution in [-0.4, -0.2) is 72.5 Å². The van der Waals surface area contributed by atoms with Crippen LogP contribution in [0.15, 0.2) is 0 Å². The maximum absolute atomic E-state index is 6.22. The molecular weight excluding hydrogens is 264 g/mol. The van der Waals surface area contributed by atoms with Crippen molar-refractivity contribution in [1.82, 2.24) is 14.7 Å². The molecule has 0 bridgehead atoms. The number of nitrogens with two attached hydrogens (primary N) is 1. The van der Waals surface area contributed by atoms with Gasteiger partial charge in [-0.3, -0.25) is 9.58 Å². The molecule has 0 atom stereocenters. The quantitative estimate of drug-likeness (QED) is 0.799. The van der Waals surface area contributed by atoms with Gasteiger partial charge in [0.15, 0.2) is 5.82 Å². The third-order valence-electron chi connectivity index (χ3n) is 4.90. The maximum Gasteiger partial charge on any atom is 0.171 e. The first-order chi connectivity index (χ1) is 10.1. The number of hydrogen-bond acceptors (Lipinski definition) is 4. The first kappa shape index (κ1) is 14.7. The van der Waals surface area contributed by atoms with Crippen LogP contribution in [0.25, 0.3) is 0 Å². The summed E-state index contributed by atoms with van der Waals surface area (Å²) in [6, 6.07) is 0. The van der Waals surface area contributed by atoms with Crippen LogP contribution in [-0.2, 0) is 13.0 Å². The third kappa shape index (κ3) is 3.32.